The average Bonchev–Trinajstić information content (AvgIpc) is 2.78. The molecule has 1 heterocycles. The zero-order chi connectivity index (χ0) is 12.3. The van der Waals surface area contributed by atoms with E-state index in [-0.39, 0.29) is 18.3 Å². The summed E-state index contributed by atoms with van der Waals surface area (Å²) in [6, 6.07) is 8.18. The van der Waals surface area contributed by atoms with Crippen molar-refractivity contribution in [2.45, 2.75) is 25.8 Å². The van der Waals surface area contributed by atoms with Crippen molar-refractivity contribution >= 4 is 18.3 Å². The molecule has 100 valence electrons. The molecule has 1 N–H and O–H groups in total. The van der Waals surface area contributed by atoms with Gasteiger partial charge in [0.15, 0.2) is 0 Å². The molecule has 1 saturated heterocycles. The third-order valence-electron chi connectivity index (χ3n) is 3.45. The van der Waals surface area contributed by atoms with E-state index in [1.165, 1.54) is 0 Å². The third-order valence-corrected chi connectivity index (χ3v) is 3.45. The van der Waals surface area contributed by atoms with E-state index in [1.54, 1.807) is 0 Å². The van der Waals surface area contributed by atoms with Crippen LogP contribution >= 0.6 is 12.4 Å². The molecule has 2 rings (SSSR count). The van der Waals surface area contributed by atoms with E-state index < -0.39 is 0 Å². The predicted octanol–water partition coefficient (Wildman–Crippen LogP) is 2.24. The molecule has 3 nitrogen and oxygen atoms in total. The molecule has 0 saturated carbocycles. The summed E-state index contributed by atoms with van der Waals surface area (Å²) in [5, 5.41) is 3.17. The predicted molar refractivity (Wildman–Crippen MR) is 76.4 cm³/mol. The topological polar surface area (TPSA) is 32.3 Å². The number of benzene rings is 1. The summed E-state index contributed by atoms with van der Waals surface area (Å²) in [6.07, 6.45) is 2.22. The summed E-state index contributed by atoms with van der Waals surface area (Å²) in [7, 11) is 1.94. The van der Waals surface area contributed by atoms with Gasteiger partial charge in [-0.25, -0.2) is 0 Å². The molecule has 1 atom stereocenters. The number of likely N-dealkylation sites (tertiary alicyclic amines) is 1. The van der Waals surface area contributed by atoms with Crippen molar-refractivity contribution in [2.24, 2.45) is 0 Å². The lowest BCUT2D eigenvalue weighted by Crippen LogP contribution is -2.41. The minimum atomic E-state index is 0. The molecule has 1 amide bonds. The smallest absolute Gasteiger partial charge is 0.254 e. The Morgan fingerprint density at radius 2 is 2.17 bits per heavy atom. The summed E-state index contributed by atoms with van der Waals surface area (Å²) in [5.41, 5.74) is 1.91. The fourth-order valence-corrected chi connectivity index (χ4v) is 2.52. The molecule has 1 aliphatic heterocycles. The molecule has 1 fully saturated rings. The van der Waals surface area contributed by atoms with Gasteiger partial charge in [0.05, 0.1) is 0 Å². The van der Waals surface area contributed by atoms with Gasteiger partial charge in [-0.1, -0.05) is 18.2 Å². The summed E-state index contributed by atoms with van der Waals surface area (Å²) in [6.45, 7) is 3.77. The Bertz CT molecular complexity index is 409. The van der Waals surface area contributed by atoms with Gasteiger partial charge in [0.1, 0.15) is 0 Å². The summed E-state index contributed by atoms with van der Waals surface area (Å²) < 4.78 is 0. The molecular formula is C14H21ClN2O. The molecule has 0 bridgehead atoms. The van der Waals surface area contributed by atoms with E-state index >= 15 is 0 Å². The van der Waals surface area contributed by atoms with Crippen LogP contribution in [0.3, 0.4) is 0 Å². The normalized spacial score (nSPS) is 18.6. The molecule has 0 radical (unpaired) electrons. The van der Waals surface area contributed by atoms with Crippen molar-refractivity contribution in [3.63, 3.8) is 0 Å². The summed E-state index contributed by atoms with van der Waals surface area (Å²) in [4.78, 5) is 14.5. The number of amides is 1. The molecule has 0 aliphatic carbocycles. The lowest BCUT2D eigenvalue weighted by atomic mass is 10.1. The molecule has 0 aromatic heterocycles. The highest BCUT2D eigenvalue weighted by Gasteiger charge is 2.29. The quantitative estimate of drug-likeness (QED) is 0.912. The third kappa shape index (κ3) is 3.03. The van der Waals surface area contributed by atoms with Gasteiger partial charge in [-0.05, 0) is 38.4 Å². The highest BCUT2D eigenvalue weighted by molar-refractivity contribution is 5.96. The number of aryl methyl sites for hydroxylation is 1. The van der Waals surface area contributed by atoms with Crippen molar-refractivity contribution < 1.29 is 4.79 Å². The summed E-state index contributed by atoms with van der Waals surface area (Å²) in [5.74, 6) is 0.181. The molecule has 4 heteroatoms. The maximum absolute atomic E-state index is 12.5. The zero-order valence-electron chi connectivity index (χ0n) is 11.0. The van der Waals surface area contributed by atoms with Gasteiger partial charge in [0.25, 0.3) is 5.91 Å². The Balaban J connectivity index is 0.00000162. The van der Waals surface area contributed by atoms with Crippen LogP contribution in [0.4, 0.5) is 0 Å². The number of nitrogens with one attached hydrogen (secondary N) is 1. The van der Waals surface area contributed by atoms with E-state index in [0.717, 1.165) is 37.1 Å². The molecule has 1 aromatic carbocycles. The van der Waals surface area contributed by atoms with Crippen LogP contribution in [0.15, 0.2) is 24.3 Å². The van der Waals surface area contributed by atoms with E-state index in [9.17, 15) is 4.79 Å². The summed E-state index contributed by atoms with van der Waals surface area (Å²) >= 11 is 0. The van der Waals surface area contributed by atoms with E-state index in [4.69, 9.17) is 0 Å². The number of carbonyl (C=O) groups excluding carboxylic acids is 1. The van der Waals surface area contributed by atoms with E-state index in [2.05, 4.69) is 5.32 Å². The van der Waals surface area contributed by atoms with Crippen LogP contribution in [-0.4, -0.2) is 37.0 Å². The van der Waals surface area contributed by atoms with Crippen LogP contribution in [0.25, 0.3) is 0 Å². The molecule has 0 spiro atoms. The number of carbonyl (C=O) groups is 1. The van der Waals surface area contributed by atoms with Crippen molar-refractivity contribution in [1.82, 2.24) is 10.2 Å². The Morgan fingerprint density at radius 1 is 1.44 bits per heavy atom. The van der Waals surface area contributed by atoms with Gasteiger partial charge >= 0.3 is 0 Å². The molecule has 1 aromatic rings. The fraction of sp³-hybridized carbons (Fsp3) is 0.500. The lowest BCUT2D eigenvalue weighted by Gasteiger charge is -2.25. The number of hydrogen-bond donors (Lipinski definition) is 1. The van der Waals surface area contributed by atoms with Crippen molar-refractivity contribution in [3.8, 4) is 0 Å². The first-order valence-corrected chi connectivity index (χ1v) is 6.25. The molecule has 1 unspecified atom stereocenters. The van der Waals surface area contributed by atoms with E-state index in [0.29, 0.717) is 6.04 Å². The van der Waals surface area contributed by atoms with Crippen molar-refractivity contribution in [1.29, 1.82) is 0 Å². The van der Waals surface area contributed by atoms with Crippen LogP contribution in [0.5, 0.6) is 0 Å². The Kier molecular flexibility index (Phi) is 5.63. The first kappa shape index (κ1) is 15.0. The number of likely N-dealkylation sites (N-methyl/N-ethyl adjacent to an activating group) is 1. The minimum absolute atomic E-state index is 0. The largest absolute Gasteiger partial charge is 0.334 e. The van der Waals surface area contributed by atoms with Crippen LogP contribution in [0, 0.1) is 6.92 Å². The molecule has 1 aliphatic rings. The number of halogens is 1. The van der Waals surface area contributed by atoms with Crippen molar-refractivity contribution in [3.05, 3.63) is 35.4 Å². The highest BCUT2D eigenvalue weighted by atomic mass is 35.5. The number of hydrogen-bond acceptors (Lipinski definition) is 2. The van der Waals surface area contributed by atoms with Crippen LogP contribution in [0.1, 0.15) is 28.8 Å². The van der Waals surface area contributed by atoms with Crippen LogP contribution in [-0.2, 0) is 0 Å². The zero-order valence-corrected chi connectivity index (χ0v) is 11.8. The fourth-order valence-electron chi connectivity index (χ4n) is 2.52. The first-order valence-electron chi connectivity index (χ1n) is 6.25. The number of rotatable bonds is 3. The minimum Gasteiger partial charge on any atom is -0.334 e. The standard InChI is InChI=1S/C14H20N2O.ClH/c1-11-6-3-4-8-13(11)14(17)16-9-5-7-12(16)10-15-2;/h3-4,6,8,12,15H,5,7,9-10H2,1-2H3;1H. The van der Waals surface area contributed by atoms with Gasteiger partial charge < -0.3 is 10.2 Å². The Hall–Kier alpha value is -1.06. The van der Waals surface area contributed by atoms with Gasteiger partial charge in [0, 0.05) is 24.7 Å². The maximum Gasteiger partial charge on any atom is 0.254 e. The van der Waals surface area contributed by atoms with Gasteiger partial charge in [-0.15, -0.1) is 12.4 Å². The highest BCUT2D eigenvalue weighted by Crippen LogP contribution is 2.20. The monoisotopic (exact) mass is 268 g/mol. The first-order chi connectivity index (χ1) is 8.24. The Morgan fingerprint density at radius 3 is 2.83 bits per heavy atom. The van der Waals surface area contributed by atoms with Gasteiger partial charge in [-0.2, -0.15) is 0 Å². The van der Waals surface area contributed by atoms with E-state index in [1.807, 2.05) is 43.1 Å². The molecule has 18 heavy (non-hydrogen) atoms. The SMILES string of the molecule is CNCC1CCCN1C(=O)c1ccccc1C.Cl. The number of nitrogens with zero attached hydrogens (tertiary/aromatic N) is 1. The maximum atomic E-state index is 12.5. The lowest BCUT2D eigenvalue weighted by molar-refractivity contribution is 0.0736. The second kappa shape index (κ2) is 6.76. The second-order valence-corrected chi connectivity index (χ2v) is 4.67. The second-order valence-electron chi connectivity index (χ2n) is 4.67. The Labute approximate surface area is 115 Å². The van der Waals surface area contributed by atoms with Gasteiger partial charge in [-0.3, -0.25) is 4.79 Å². The van der Waals surface area contributed by atoms with Gasteiger partial charge in [0.2, 0.25) is 0 Å². The van der Waals surface area contributed by atoms with Crippen LogP contribution < -0.4 is 5.32 Å². The van der Waals surface area contributed by atoms with Crippen molar-refractivity contribution in [2.75, 3.05) is 20.1 Å². The molecular weight excluding hydrogens is 248 g/mol. The van der Waals surface area contributed by atoms with Crippen LogP contribution in [0.2, 0.25) is 0 Å². The average molecular weight is 269 g/mol.